The summed E-state index contributed by atoms with van der Waals surface area (Å²) in [5.74, 6) is 0.915. The van der Waals surface area contributed by atoms with E-state index in [0.29, 0.717) is 0 Å². The van der Waals surface area contributed by atoms with Crippen molar-refractivity contribution in [1.82, 2.24) is 5.32 Å². The molecule has 1 rings (SSSR count). The fraction of sp³-hybridized carbons (Fsp3) is 0.455. The number of hydrogen-bond acceptors (Lipinski definition) is 2. The summed E-state index contributed by atoms with van der Waals surface area (Å²) in [5, 5.41) is 3.28. The van der Waals surface area contributed by atoms with Gasteiger partial charge in [0.1, 0.15) is 12.4 Å². The van der Waals surface area contributed by atoms with Gasteiger partial charge in [-0.3, -0.25) is 0 Å². The zero-order chi connectivity index (χ0) is 10.2. The van der Waals surface area contributed by atoms with E-state index >= 15 is 0 Å². The third-order valence-corrected chi connectivity index (χ3v) is 2.26. The summed E-state index contributed by atoms with van der Waals surface area (Å²) in [6.07, 6.45) is 1.16. The Balaban J connectivity index is 2.18. The van der Waals surface area contributed by atoms with E-state index in [2.05, 4.69) is 28.2 Å². The lowest BCUT2D eigenvalue weighted by Gasteiger charge is -2.06. The summed E-state index contributed by atoms with van der Waals surface area (Å²) < 4.78 is 6.59. The first-order valence-electron chi connectivity index (χ1n) is 4.92. The third kappa shape index (κ3) is 4.63. The topological polar surface area (TPSA) is 21.3 Å². The quantitative estimate of drug-likeness (QED) is 0.792. The fourth-order valence-electron chi connectivity index (χ4n) is 1.10. The van der Waals surface area contributed by atoms with Crippen LogP contribution in [-0.4, -0.2) is 19.7 Å². The van der Waals surface area contributed by atoms with Crippen molar-refractivity contribution >= 4 is 15.9 Å². The van der Waals surface area contributed by atoms with Gasteiger partial charge in [0, 0.05) is 11.0 Å². The van der Waals surface area contributed by atoms with Gasteiger partial charge in [0.2, 0.25) is 0 Å². The smallest absolute Gasteiger partial charge is 0.120 e. The molecule has 0 bridgehead atoms. The van der Waals surface area contributed by atoms with Crippen LogP contribution in [0.25, 0.3) is 0 Å². The molecular formula is C11H16BrNO. The molecule has 2 nitrogen and oxygen atoms in total. The van der Waals surface area contributed by atoms with E-state index in [1.807, 2.05) is 24.3 Å². The summed E-state index contributed by atoms with van der Waals surface area (Å²) in [6, 6.07) is 7.89. The minimum atomic E-state index is 0.719. The SMILES string of the molecule is CCCNCCOc1cccc(Br)c1. The highest BCUT2D eigenvalue weighted by molar-refractivity contribution is 9.10. The van der Waals surface area contributed by atoms with Gasteiger partial charge < -0.3 is 10.1 Å². The number of rotatable bonds is 6. The average Bonchev–Trinajstić information content (AvgIpc) is 2.18. The normalized spacial score (nSPS) is 10.1. The van der Waals surface area contributed by atoms with Gasteiger partial charge in [-0.05, 0) is 31.2 Å². The summed E-state index contributed by atoms with van der Waals surface area (Å²) in [6.45, 7) is 4.83. The molecule has 0 aliphatic rings. The van der Waals surface area contributed by atoms with Crippen LogP contribution in [0.15, 0.2) is 28.7 Å². The lowest BCUT2D eigenvalue weighted by molar-refractivity contribution is 0.314. The molecule has 0 unspecified atom stereocenters. The first kappa shape index (κ1) is 11.5. The van der Waals surface area contributed by atoms with Gasteiger partial charge in [0.25, 0.3) is 0 Å². The van der Waals surface area contributed by atoms with Crippen LogP contribution in [0.3, 0.4) is 0 Å². The molecule has 1 aromatic rings. The fourth-order valence-corrected chi connectivity index (χ4v) is 1.48. The summed E-state index contributed by atoms with van der Waals surface area (Å²) >= 11 is 3.40. The van der Waals surface area contributed by atoms with Crippen molar-refractivity contribution in [3.63, 3.8) is 0 Å². The highest BCUT2D eigenvalue weighted by Gasteiger charge is 1.93. The first-order chi connectivity index (χ1) is 6.83. The van der Waals surface area contributed by atoms with Crippen LogP contribution < -0.4 is 10.1 Å². The molecule has 1 N–H and O–H groups in total. The third-order valence-electron chi connectivity index (χ3n) is 1.77. The van der Waals surface area contributed by atoms with Gasteiger partial charge in [-0.25, -0.2) is 0 Å². The zero-order valence-corrected chi connectivity index (χ0v) is 10.0. The van der Waals surface area contributed by atoms with Crippen molar-refractivity contribution in [3.05, 3.63) is 28.7 Å². The molecule has 0 radical (unpaired) electrons. The van der Waals surface area contributed by atoms with Crippen molar-refractivity contribution < 1.29 is 4.74 Å². The average molecular weight is 258 g/mol. The molecule has 0 saturated carbocycles. The first-order valence-corrected chi connectivity index (χ1v) is 5.71. The van der Waals surface area contributed by atoms with E-state index in [1.54, 1.807) is 0 Å². The van der Waals surface area contributed by atoms with E-state index in [4.69, 9.17) is 4.74 Å². The van der Waals surface area contributed by atoms with Gasteiger partial charge in [-0.15, -0.1) is 0 Å². The van der Waals surface area contributed by atoms with Crippen molar-refractivity contribution in [3.8, 4) is 5.75 Å². The highest BCUT2D eigenvalue weighted by Crippen LogP contribution is 2.17. The highest BCUT2D eigenvalue weighted by atomic mass is 79.9. The Morgan fingerprint density at radius 3 is 2.93 bits per heavy atom. The van der Waals surface area contributed by atoms with E-state index in [1.165, 1.54) is 0 Å². The summed E-state index contributed by atoms with van der Waals surface area (Å²) in [4.78, 5) is 0. The molecule has 0 spiro atoms. The molecule has 1 aromatic carbocycles. The van der Waals surface area contributed by atoms with Gasteiger partial charge in [-0.2, -0.15) is 0 Å². The van der Waals surface area contributed by atoms with Gasteiger partial charge in [0.05, 0.1) is 0 Å². The number of ether oxygens (including phenoxy) is 1. The molecule has 14 heavy (non-hydrogen) atoms. The van der Waals surface area contributed by atoms with Crippen LogP contribution in [0.1, 0.15) is 13.3 Å². The van der Waals surface area contributed by atoms with E-state index in [9.17, 15) is 0 Å². The summed E-state index contributed by atoms with van der Waals surface area (Å²) in [7, 11) is 0. The molecule has 0 heterocycles. The minimum absolute atomic E-state index is 0.719. The molecule has 0 atom stereocenters. The molecule has 3 heteroatoms. The van der Waals surface area contributed by atoms with Crippen molar-refractivity contribution in [1.29, 1.82) is 0 Å². The number of halogens is 1. The monoisotopic (exact) mass is 257 g/mol. The largest absolute Gasteiger partial charge is 0.492 e. The Bertz CT molecular complexity index is 265. The van der Waals surface area contributed by atoms with Crippen LogP contribution in [0.2, 0.25) is 0 Å². The maximum atomic E-state index is 5.54. The lowest BCUT2D eigenvalue weighted by atomic mass is 10.3. The Morgan fingerprint density at radius 1 is 1.36 bits per heavy atom. The Labute approximate surface area is 93.8 Å². The number of hydrogen-bond donors (Lipinski definition) is 1. The second kappa shape index (κ2) is 6.85. The molecule has 0 amide bonds. The van der Waals surface area contributed by atoms with Crippen LogP contribution >= 0.6 is 15.9 Å². The Morgan fingerprint density at radius 2 is 2.21 bits per heavy atom. The minimum Gasteiger partial charge on any atom is -0.492 e. The van der Waals surface area contributed by atoms with Gasteiger partial charge in [0.15, 0.2) is 0 Å². The maximum absolute atomic E-state index is 5.54. The van der Waals surface area contributed by atoms with Crippen LogP contribution in [-0.2, 0) is 0 Å². The van der Waals surface area contributed by atoms with Crippen molar-refractivity contribution in [2.75, 3.05) is 19.7 Å². The van der Waals surface area contributed by atoms with Crippen LogP contribution in [0.4, 0.5) is 0 Å². The van der Waals surface area contributed by atoms with Gasteiger partial charge in [-0.1, -0.05) is 28.9 Å². The molecule has 78 valence electrons. The van der Waals surface area contributed by atoms with E-state index in [-0.39, 0.29) is 0 Å². The Hall–Kier alpha value is -0.540. The standard InChI is InChI=1S/C11H16BrNO/c1-2-6-13-7-8-14-11-5-3-4-10(12)9-11/h3-5,9,13H,2,6-8H2,1H3. The number of nitrogens with one attached hydrogen (secondary N) is 1. The van der Waals surface area contributed by atoms with Crippen LogP contribution in [0, 0.1) is 0 Å². The number of benzene rings is 1. The second-order valence-electron chi connectivity index (χ2n) is 3.06. The molecule has 0 saturated heterocycles. The van der Waals surface area contributed by atoms with Crippen molar-refractivity contribution in [2.45, 2.75) is 13.3 Å². The zero-order valence-electron chi connectivity index (χ0n) is 8.42. The van der Waals surface area contributed by atoms with E-state index < -0.39 is 0 Å². The van der Waals surface area contributed by atoms with Crippen molar-refractivity contribution in [2.24, 2.45) is 0 Å². The molecule has 0 fully saturated rings. The Kier molecular flexibility index (Phi) is 5.64. The molecule has 0 aliphatic heterocycles. The lowest BCUT2D eigenvalue weighted by Crippen LogP contribution is -2.21. The predicted octanol–water partition coefficient (Wildman–Crippen LogP) is 2.83. The maximum Gasteiger partial charge on any atom is 0.120 e. The molecule has 0 aromatic heterocycles. The second-order valence-corrected chi connectivity index (χ2v) is 3.97. The molecule has 0 aliphatic carbocycles. The summed E-state index contributed by atoms with van der Waals surface area (Å²) in [5.41, 5.74) is 0. The predicted molar refractivity (Wildman–Crippen MR) is 62.8 cm³/mol. The molecular weight excluding hydrogens is 242 g/mol. The van der Waals surface area contributed by atoms with Gasteiger partial charge >= 0.3 is 0 Å². The van der Waals surface area contributed by atoms with Crippen LogP contribution in [0.5, 0.6) is 5.75 Å². The van der Waals surface area contributed by atoms with E-state index in [0.717, 1.165) is 36.3 Å².